The summed E-state index contributed by atoms with van der Waals surface area (Å²) >= 11 is 11.3. The highest BCUT2D eigenvalue weighted by molar-refractivity contribution is 6.18. The molecule has 70 valence electrons. The third-order valence-electron chi connectivity index (χ3n) is 1.77. The van der Waals surface area contributed by atoms with Crippen LogP contribution in [0.1, 0.15) is 17.5 Å². The Hall–Kier alpha value is -0.460. The van der Waals surface area contributed by atoms with Gasteiger partial charge in [-0.25, -0.2) is 0 Å². The summed E-state index contributed by atoms with van der Waals surface area (Å²) < 4.78 is 0. The van der Waals surface area contributed by atoms with E-state index in [4.69, 9.17) is 23.2 Å². The van der Waals surface area contributed by atoms with E-state index in [1.165, 1.54) is 5.56 Å². The first-order valence-corrected chi connectivity index (χ1v) is 5.31. The lowest BCUT2D eigenvalue weighted by Crippen LogP contribution is -1.82. The van der Waals surface area contributed by atoms with Gasteiger partial charge in [-0.05, 0) is 17.5 Å². The second-order valence-electron chi connectivity index (χ2n) is 2.71. The first kappa shape index (κ1) is 10.6. The van der Waals surface area contributed by atoms with Gasteiger partial charge in [0.05, 0.1) is 0 Å². The van der Waals surface area contributed by atoms with Gasteiger partial charge in [-0.15, -0.1) is 23.2 Å². The van der Waals surface area contributed by atoms with E-state index in [0.29, 0.717) is 11.8 Å². The van der Waals surface area contributed by atoms with Crippen molar-refractivity contribution >= 4 is 29.3 Å². The second kappa shape index (κ2) is 6.06. The maximum Gasteiger partial charge on any atom is 0.0479 e. The fraction of sp³-hybridized carbons (Fsp3) is 0.273. The zero-order valence-corrected chi connectivity index (χ0v) is 8.85. The first-order valence-electron chi connectivity index (χ1n) is 4.25. The molecule has 0 saturated heterocycles. The smallest absolute Gasteiger partial charge is 0.0479 e. The molecular weight excluding hydrogens is 203 g/mol. The van der Waals surface area contributed by atoms with E-state index < -0.39 is 0 Å². The quantitative estimate of drug-likeness (QED) is 0.664. The van der Waals surface area contributed by atoms with E-state index in [9.17, 15) is 0 Å². The van der Waals surface area contributed by atoms with Crippen LogP contribution in [0.2, 0.25) is 0 Å². The summed E-state index contributed by atoms with van der Waals surface area (Å²) in [6.07, 6.45) is 5.04. The van der Waals surface area contributed by atoms with Gasteiger partial charge in [0.15, 0.2) is 0 Å². The van der Waals surface area contributed by atoms with Crippen LogP contribution in [0.25, 0.3) is 6.08 Å². The lowest BCUT2D eigenvalue weighted by Gasteiger charge is -2.00. The van der Waals surface area contributed by atoms with E-state index in [1.807, 2.05) is 18.2 Å². The zero-order valence-electron chi connectivity index (χ0n) is 7.34. The van der Waals surface area contributed by atoms with Crippen molar-refractivity contribution in [2.75, 3.05) is 5.88 Å². The molecule has 1 rings (SSSR count). The number of hydrogen-bond acceptors (Lipinski definition) is 0. The molecule has 0 bridgehead atoms. The third kappa shape index (κ3) is 3.41. The van der Waals surface area contributed by atoms with E-state index >= 15 is 0 Å². The number of rotatable bonds is 4. The van der Waals surface area contributed by atoms with E-state index in [-0.39, 0.29) is 0 Å². The van der Waals surface area contributed by atoms with Gasteiger partial charge in [0.2, 0.25) is 0 Å². The molecule has 1 aromatic rings. The van der Waals surface area contributed by atoms with Crippen molar-refractivity contribution in [2.45, 2.75) is 12.3 Å². The maximum atomic E-state index is 5.78. The normalized spacial score (nSPS) is 10.9. The molecule has 0 atom stereocenters. The summed E-state index contributed by atoms with van der Waals surface area (Å²) in [5, 5.41) is 0. The lowest BCUT2D eigenvalue weighted by molar-refractivity contribution is 1.24. The Morgan fingerprint density at radius 1 is 1.15 bits per heavy atom. The Morgan fingerprint density at radius 2 is 1.92 bits per heavy atom. The zero-order chi connectivity index (χ0) is 9.52. The van der Waals surface area contributed by atoms with Crippen molar-refractivity contribution in [1.29, 1.82) is 0 Å². The Bertz CT molecular complexity index is 279. The minimum absolute atomic E-state index is 0.557. The Labute approximate surface area is 89.2 Å². The molecule has 0 aromatic heterocycles. The largest absolute Gasteiger partial charge is 0.126 e. The van der Waals surface area contributed by atoms with Crippen LogP contribution in [0.15, 0.2) is 30.3 Å². The summed E-state index contributed by atoms with van der Waals surface area (Å²) in [5.74, 6) is 1.22. The lowest BCUT2D eigenvalue weighted by atomic mass is 10.1. The Morgan fingerprint density at radius 3 is 2.62 bits per heavy atom. The van der Waals surface area contributed by atoms with Crippen molar-refractivity contribution in [3.8, 4) is 0 Å². The monoisotopic (exact) mass is 214 g/mol. The van der Waals surface area contributed by atoms with E-state index in [1.54, 1.807) is 0 Å². The molecule has 0 heterocycles. The molecule has 0 aliphatic carbocycles. The number of allylic oxidation sites excluding steroid dienone is 1. The summed E-state index contributed by atoms with van der Waals surface area (Å²) in [5.41, 5.74) is 2.35. The van der Waals surface area contributed by atoms with E-state index in [2.05, 4.69) is 18.2 Å². The first-order chi connectivity index (χ1) is 6.38. The van der Waals surface area contributed by atoms with Gasteiger partial charge in [-0.1, -0.05) is 36.4 Å². The predicted octanol–water partition coefficient (Wildman–Crippen LogP) is 4.07. The average Bonchev–Trinajstić information content (AvgIpc) is 2.19. The highest BCUT2D eigenvalue weighted by atomic mass is 35.5. The number of halogens is 2. The van der Waals surface area contributed by atoms with Crippen LogP contribution in [-0.2, 0) is 5.88 Å². The SMILES string of the molecule is ClCCC=Cc1ccccc1CCl. The molecule has 0 saturated carbocycles. The third-order valence-corrected chi connectivity index (χ3v) is 2.28. The molecule has 0 aliphatic heterocycles. The molecule has 0 nitrogen and oxygen atoms in total. The van der Waals surface area contributed by atoms with Gasteiger partial charge in [0.1, 0.15) is 0 Å². The molecule has 0 radical (unpaired) electrons. The van der Waals surface area contributed by atoms with Gasteiger partial charge >= 0.3 is 0 Å². The topological polar surface area (TPSA) is 0 Å². The molecule has 0 amide bonds. The van der Waals surface area contributed by atoms with Crippen LogP contribution in [0.3, 0.4) is 0 Å². The summed E-state index contributed by atoms with van der Waals surface area (Å²) in [7, 11) is 0. The van der Waals surface area contributed by atoms with Crippen LogP contribution < -0.4 is 0 Å². The molecule has 0 fully saturated rings. The van der Waals surface area contributed by atoms with Gasteiger partial charge in [-0.2, -0.15) is 0 Å². The van der Waals surface area contributed by atoms with Gasteiger partial charge in [0.25, 0.3) is 0 Å². The molecule has 1 aromatic carbocycles. The van der Waals surface area contributed by atoms with Crippen molar-refractivity contribution < 1.29 is 0 Å². The molecule has 0 unspecified atom stereocenters. The van der Waals surface area contributed by atoms with Crippen LogP contribution in [0.4, 0.5) is 0 Å². The van der Waals surface area contributed by atoms with Crippen molar-refractivity contribution in [3.63, 3.8) is 0 Å². The highest BCUT2D eigenvalue weighted by Crippen LogP contribution is 2.13. The average molecular weight is 215 g/mol. The van der Waals surface area contributed by atoms with Gasteiger partial charge < -0.3 is 0 Å². The molecule has 0 spiro atoms. The van der Waals surface area contributed by atoms with Crippen LogP contribution in [0.5, 0.6) is 0 Å². The molecule has 13 heavy (non-hydrogen) atoms. The molecule has 0 aliphatic rings. The van der Waals surface area contributed by atoms with Crippen LogP contribution >= 0.6 is 23.2 Å². The van der Waals surface area contributed by atoms with Crippen molar-refractivity contribution in [3.05, 3.63) is 41.5 Å². The summed E-state index contributed by atoms with van der Waals surface area (Å²) in [6, 6.07) is 8.10. The molecule has 0 N–H and O–H groups in total. The summed E-state index contributed by atoms with van der Waals surface area (Å²) in [4.78, 5) is 0. The number of benzene rings is 1. The Balaban J connectivity index is 2.74. The fourth-order valence-electron chi connectivity index (χ4n) is 1.09. The predicted molar refractivity (Wildman–Crippen MR) is 60.4 cm³/mol. The standard InChI is InChI=1S/C11H12Cl2/c12-8-4-3-6-10-5-1-2-7-11(10)9-13/h1-3,5-7H,4,8-9H2. The van der Waals surface area contributed by atoms with E-state index in [0.717, 1.165) is 12.0 Å². The Kier molecular flexibility index (Phi) is 4.95. The minimum atomic E-state index is 0.557. The molecule has 2 heteroatoms. The van der Waals surface area contributed by atoms with Crippen molar-refractivity contribution in [2.24, 2.45) is 0 Å². The number of alkyl halides is 2. The highest BCUT2D eigenvalue weighted by Gasteiger charge is 1.94. The fourth-order valence-corrected chi connectivity index (χ4v) is 1.46. The van der Waals surface area contributed by atoms with Crippen molar-refractivity contribution in [1.82, 2.24) is 0 Å². The molecular formula is C11H12Cl2. The second-order valence-corrected chi connectivity index (χ2v) is 3.36. The van der Waals surface area contributed by atoms with Gasteiger partial charge in [-0.3, -0.25) is 0 Å². The van der Waals surface area contributed by atoms with Crippen LogP contribution in [0, 0.1) is 0 Å². The maximum absolute atomic E-state index is 5.78. The number of hydrogen-bond donors (Lipinski definition) is 0. The minimum Gasteiger partial charge on any atom is -0.126 e. The van der Waals surface area contributed by atoms with Gasteiger partial charge in [0, 0.05) is 11.8 Å². The van der Waals surface area contributed by atoms with Crippen LogP contribution in [-0.4, -0.2) is 5.88 Å². The summed E-state index contributed by atoms with van der Waals surface area (Å²) in [6.45, 7) is 0.